The first kappa shape index (κ1) is 18.2. The Kier molecular flexibility index (Phi) is 4.64. The van der Waals surface area contributed by atoms with Crippen LogP contribution in [0.2, 0.25) is 0 Å². The van der Waals surface area contributed by atoms with Crippen LogP contribution in [0.25, 0.3) is 11.0 Å². The van der Waals surface area contributed by atoms with Gasteiger partial charge in [-0.25, -0.2) is 13.8 Å². The molecule has 0 aliphatic carbocycles. The van der Waals surface area contributed by atoms with Crippen LogP contribution in [-0.4, -0.2) is 39.6 Å². The zero-order valence-corrected chi connectivity index (χ0v) is 15.0. The van der Waals surface area contributed by atoms with Crippen LogP contribution in [0.3, 0.4) is 0 Å². The molecule has 1 fully saturated rings. The fourth-order valence-corrected chi connectivity index (χ4v) is 3.61. The molecule has 0 bridgehead atoms. The predicted molar refractivity (Wildman–Crippen MR) is 98.9 cm³/mol. The number of amides is 1. The third-order valence-electron chi connectivity index (χ3n) is 5.02. The SMILES string of the molecule is NC(=O)c1ccc(F)c(C(=O)c2c[nH]c3ncc(CN4CCCC4)cc23)c1F. The number of aromatic nitrogens is 2. The van der Waals surface area contributed by atoms with Crippen molar-refractivity contribution in [3.8, 4) is 0 Å². The highest BCUT2D eigenvalue weighted by molar-refractivity contribution is 6.16. The van der Waals surface area contributed by atoms with Crippen molar-refractivity contribution < 1.29 is 18.4 Å². The number of halogens is 2. The quantitative estimate of drug-likeness (QED) is 0.662. The summed E-state index contributed by atoms with van der Waals surface area (Å²) in [5.41, 5.74) is 5.22. The van der Waals surface area contributed by atoms with Gasteiger partial charge in [0.2, 0.25) is 5.78 Å². The number of carbonyl (C=O) groups excluding carboxylic acids is 2. The van der Waals surface area contributed by atoms with Crippen LogP contribution >= 0.6 is 0 Å². The maximum absolute atomic E-state index is 14.6. The molecule has 144 valence electrons. The molecule has 0 radical (unpaired) electrons. The maximum atomic E-state index is 14.6. The van der Waals surface area contributed by atoms with Gasteiger partial charge in [-0.15, -0.1) is 0 Å². The van der Waals surface area contributed by atoms with Gasteiger partial charge in [0.05, 0.1) is 11.1 Å². The molecule has 1 aromatic carbocycles. The Morgan fingerprint density at radius 2 is 1.93 bits per heavy atom. The summed E-state index contributed by atoms with van der Waals surface area (Å²) in [4.78, 5) is 33.7. The summed E-state index contributed by atoms with van der Waals surface area (Å²) >= 11 is 0. The van der Waals surface area contributed by atoms with E-state index in [1.165, 1.54) is 6.20 Å². The number of pyridine rings is 1. The Balaban J connectivity index is 1.75. The van der Waals surface area contributed by atoms with Crippen molar-refractivity contribution in [3.63, 3.8) is 0 Å². The van der Waals surface area contributed by atoms with Gasteiger partial charge in [-0.2, -0.15) is 0 Å². The van der Waals surface area contributed by atoms with E-state index < -0.39 is 34.5 Å². The molecule has 3 heterocycles. The Labute approximate surface area is 159 Å². The number of rotatable bonds is 5. The summed E-state index contributed by atoms with van der Waals surface area (Å²) in [6, 6.07) is 3.59. The van der Waals surface area contributed by atoms with Crippen LogP contribution in [0, 0.1) is 11.6 Å². The molecular weight excluding hydrogens is 366 g/mol. The van der Waals surface area contributed by atoms with Gasteiger partial charge in [0.25, 0.3) is 5.91 Å². The number of benzene rings is 1. The first-order chi connectivity index (χ1) is 13.5. The van der Waals surface area contributed by atoms with Crippen LogP contribution in [-0.2, 0) is 6.54 Å². The third-order valence-corrected chi connectivity index (χ3v) is 5.02. The molecule has 4 rings (SSSR count). The van der Waals surface area contributed by atoms with Crippen molar-refractivity contribution in [2.24, 2.45) is 5.73 Å². The second kappa shape index (κ2) is 7.12. The number of carbonyl (C=O) groups is 2. The van der Waals surface area contributed by atoms with Crippen LogP contribution in [0.15, 0.2) is 30.6 Å². The van der Waals surface area contributed by atoms with E-state index in [2.05, 4.69) is 14.9 Å². The van der Waals surface area contributed by atoms with Gasteiger partial charge in [0.1, 0.15) is 17.3 Å². The molecule has 0 atom stereocenters. The van der Waals surface area contributed by atoms with Crippen molar-refractivity contribution in [1.29, 1.82) is 0 Å². The molecule has 28 heavy (non-hydrogen) atoms. The predicted octanol–water partition coefficient (Wildman–Crippen LogP) is 2.77. The molecular formula is C20H18F2N4O2. The Morgan fingerprint density at radius 1 is 1.18 bits per heavy atom. The monoisotopic (exact) mass is 384 g/mol. The van der Waals surface area contributed by atoms with Crippen molar-refractivity contribution in [2.75, 3.05) is 13.1 Å². The van der Waals surface area contributed by atoms with Gasteiger partial charge in [0, 0.05) is 29.9 Å². The molecule has 0 unspecified atom stereocenters. The number of likely N-dealkylation sites (tertiary alicyclic amines) is 1. The average Bonchev–Trinajstić information content (AvgIpc) is 3.30. The number of nitrogens with zero attached hydrogens (tertiary/aromatic N) is 2. The van der Waals surface area contributed by atoms with Gasteiger partial charge in [0.15, 0.2) is 0 Å². The van der Waals surface area contributed by atoms with Crippen LogP contribution < -0.4 is 5.73 Å². The van der Waals surface area contributed by atoms with Crippen molar-refractivity contribution >= 4 is 22.7 Å². The normalized spacial score (nSPS) is 14.6. The van der Waals surface area contributed by atoms with E-state index in [0.29, 0.717) is 17.6 Å². The number of hydrogen-bond acceptors (Lipinski definition) is 4. The topological polar surface area (TPSA) is 92.1 Å². The molecule has 8 heteroatoms. The Bertz CT molecular complexity index is 1090. The third kappa shape index (κ3) is 3.16. The molecule has 1 saturated heterocycles. The van der Waals surface area contributed by atoms with E-state index in [0.717, 1.165) is 43.6 Å². The summed E-state index contributed by atoms with van der Waals surface area (Å²) in [7, 11) is 0. The lowest BCUT2D eigenvalue weighted by Crippen LogP contribution is -2.18. The minimum Gasteiger partial charge on any atom is -0.366 e. The highest BCUT2D eigenvalue weighted by Crippen LogP contribution is 2.26. The average molecular weight is 384 g/mol. The fraction of sp³-hybridized carbons (Fsp3) is 0.250. The van der Waals surface area contributed by atoms with Gasteiger partial charge in [-0.05, 0) is 49.7 Å². The second-order valence-electron chi connectivity index (χ2n) is 6.90. The molecule has 6 nitrogen and oxygen atoms in total. The number of H-pyrrole nitrogens is 1. The zero-order chi connectivity index (χ0) is 19.8. The Hall–Kier alpha value is -3.13. The zero-order valence-electron chi connectivity index (χ0n) is 15.0. The molecule has 3 N–H and O–H groups in total. The van der Waals surface area contributed by atoms with Crippen LogP contribution in [0.1, 0.15) is 44.7 Å². The summed E-state index contributed by atoms with van der Waals surface area (Å²) < 4.78 is 28.8. The van der Waals surface area contributed by atoms with Crippen molar-refractivity contribution in [1.82, 2.24) is 14.9 Å². The molecule has 0 spiro atoms. The van der Waals surface area contributed by atoms with Gasteiger partial charge < -0.3 is 10.7 Å². The van der Waals surface area contributed by atoms with E-state index in [9.17, 15) is 18.4 Å². The number of aromatic amines is 1. The van der Waals surface area contributed by atoms with Crippen molar-refractivity contribution in [2.45, 2.75) is 19.4 Å². The summed E-state index contributed by atoms with van der Waals surface area (Å²) in [6.07, 6.45) is 5.40. The van der Waals surface area contributed by atoms with E-state index in [-0.39, 0.29) is 5.56 Å². The first-order valence-corrected chi connectivity index (χ1v) is 8.96. The van der Waals surface area contributed by atoms with Crippen LogP contribution in [0.5, 0.6) is 0 Å². The van der Waals surface area contributed by atoms with Crippen LogP contribution in [0.4, 0.5) is 8.78 Å². The van der Waals surface area contributed by atoms with E-state index in [4.69, 9.17) is 5.73 Å². The first-order valence-electron chi connectivity index (χ1n) is 8.96. The summed E-state index contributed by atoms with van der Waals surface area (Å²) in [5, 5.41) is 0.477. The summed E-state index contributed by atoms with van der Waals surface area (Å²) in [6.45, 7) is 2.71. The number of nitrogens with one attached hydrogen (secondary N) is 1. The molecule has 1 amide bonds. The Morgan fingerprint density at radius 3 is 2.64 bits per heavy atom. The summed E-state index contributed by atoms with van der Waals surface area (Å²) in [5.74, 6) is -4.25. The number of nitrogens with two attached hydrogens (primary N) is 1. The molecule has 0 saturated carbocycles. The largest absolute Gasteiger partial charge is 0.366 e. The molecule has 2 aromatic heterocycles. The van der Waals surface area contributed by atoms with Gasteiger partial charge in [-0.1, -0.05) is 0 Å². The number of ketones is 1. The lowest BCUT2D eigenvalue weighted by atomic mass is 9.99. The maximum Gasteiger partial charge on any atom is 0.251 e. The van der Waals surface area contributed by atoms with Gasteiger partial charge >= 0.3 is 0 Å². The molecule has 1 aliphatic heterocycles. The number of hydrogen-bond donors (Lipinski definition) is 2. The van der Waals surface area contributed by atoms with E-state index in [1.807, 2.05) is 0 Å². The smallest absolute Gasteiger partial charge is 0.251 e. The van der Waals surface area contributed by atoms with E-state index >= 15 is 0 Å². The molecule has 1 aliphatic rings. The molecule has 3 aromatic rings. The minimum atomic E-state index is -1.26. The lowest BCUT2D eigenvalue weighted by Gasteiger charge is -2.14. The van der Waals surface area contributed by atoms with E-state index in [1.54, 1.807) is 12.3 Å². The highest BCUT2D eigenvalue weighted by Gasteiger charge is 2.26. The van der Waals surface area contributed by atoms with Gasteiger partial charge in [-0.3, -0.25) is 14.5 Å². The standard InChI is InChI=1S/C20H18F2N4O2/c21-15-4-3-12(19(23)28)17(22)16(15)18(27)14-9-25-20-13(14)7-11(8-24-20)10-26-5-1-2-6-26/h3-4,7-9H,1-2,5-6,10H2,(H2,23,28)(H,24,25). The second-order valence-corrected chi connectivity index (χ2v) is 6.90. The number of fused-ring (bicyclic) bond motifs is 1. The highest BCUT2D eigenvalue weighted by atomic mass is 19.1. The lowest BCUT2D eigenvalue weighted by molar-refractivity contribution is 0.0996. The number of primary amides is 1. The fourth-order valence-electron chi connectivity index (χ4n) is 3.61. The van der Waals surface area contributed by atoms with Crippen molar-refractivity contribution in [3.05, 3.63) is 64.5 Å². The minimum absolute atomic E-state index is 0.0881.